The van der Waals surface area contributed by atoms with Gasteiger partial charge in [-0.3, -0.25) is 4.84 Å². The van der Waals surface area contributed by atoms with E-state index >= 15 is 0 Å². The zero-order valence-corrected chi connectivity index (χ0v) is 10.9. The normalized spacial score (nSPS) is 25.7. The number of hydrogen-bond acceptors (Lipinski definition) is 2. The second kappa shape index (κ2) is 4.56. The first-order valence-corrected chi connectivity index (χ1v) is 5.94. The molecule has 1 aliphatic rings. The average Bonchev–Trinajstić information content (AvgIpc) is 2.59. The van der Waals surface area contributed by atoms with E-state index in [4.69, 9.17) is 28.0 Å². The SMILES string of the molecule is CN1CCC(c2cc(Cl)cc(Cl)c2)(C(F)(F)F)O1. The molecule has 0 amide bonds. The van der Waals surface area contributed by atoms with Gasteiger partial charge in [-0.25, -0.2) is 0 Å². The van der Waals surface area contributed by atoms with Crippen LogP contribution in [0.25, 0.3) is 0 Å². The van der Waals surface area contributed by atoms with Crippen molar-refractivity contribution in [3.05, 3.63) is 33.8 Å². The molecule has 1 aliphatic heterocycles. The molecule has 1 aromatic carbocycles. The van der Waals surface area contributed by atoms with Crippen LogP contribution in [-0.4, -0.2) is 24.8 Å². The largest absolute Gasteiger partial charge is 0.423 e. The van der Waals surface area contributed by atoms with Gasteiger partial charge in [0.05, 0.1) is 0 Å². The molecule has 0 saturated carbocycles. The summed E-state index contributed by atoms with van der Waals surface area (Å²) in [6.45, 7) is 0.184. The van der Waals surface area contributed by atoms with Crippen LogP contribution in [-0.2, 0) is 10.4 Å². The maximum Gasteiger partial charge on any atom is 0.423 e. The Hall–Kier alpha value is -0.490. The van der Waals surface area contributed by atoms with Gasteiger partial charge in [-0.2, -0.15) is 18.2 Å². The molecule has 0 aromatic heterocycles. The van der Waals surface area contributed by atoms with Crippen molar-refractivity contribution in [2.45, 2.75) is 18.2 Å². The highest BCUT2D eigenvalue weighted by Gasteiger charge is 2.61. The Bertz CT molecular complexity index is 446. The van der Waals surface area contributed by atoms with Crippen LogP contribution >= 0.6 is 23.2 Å². The van der Waals surface area contributed by atoms with Crippen LogP contribution < -0.4 is 0 Å². The first-order valence-electron chi connectivity index (χ1n) is 5.18. The van der Waals surface area contributed by atoms with E-state index in [9.17, 15) is 13.2 Å². The van der Waals surface area contributed by atoms with E-state index in [-0.39, 0.29) is 28.6 Å². The third-order valence-corrected chi connectivity index (χ3v) is 3.31. The molecule has 100 valence electrons. The summed E-state index contributed by atoms with van der Waals surface area (Å²) in [5, 5.41) is 1.47. The lowest BCUT2D eigenvalue weighted by Gasteiger charge is -2.31. The van der Waals surface area contributed by atoms with Crippen molar-refractivity contribution in [2.24, 2.45) is 0 Å². The maximum absolute atomic E-state index is 13.3. The van der Waals surface area contributed by atoms with Crippen LogP contribution in [0.4, 0.5) is 13.2 Å². The summed E-state index contributed by atoms with van der Waals surface area (Å²) in [4.78, 5) is 5.00. The zero-order chi connectivity index (χ0) is 13.6. The fourth-order valence-electron chi connectivity index (χ4n) is 2.01. The number of hydroxylamine groups is 2. The van der Waals surface area contributed by atoms with E-state index in [1.54, 1.807) is 0 Å². The first kappa shape index (κ1) is 13.9. The van der Waals surface area contributed by atoms with Crippen LogP contribution in [0.5, 0.6) is 0 Å². The highest BCUT2D eigenvalue weighted by atomic mass is 35.5. The summed E-state index contributed by atoms with van der Waals surface area (Å²) >= 11 is 11.5. The molecule has 2 nitrogen and oxygen atoms in total. The van der Waals surface area contributed by atoms with Crippen molar-refractivity contribution in [1.82, 2.24) is 5.06 Å². The maximum atomic E-state index is 13.3. The first-order chi connectivity index (χ1) is 8.24. The third-order valence-electron chi connectivity index (χ3n) is 2.88. The third kappa shape index (κ3) is 2.32. The van der Waals surface area contributed by atoms with Gasteiger partial charge in [0.2, 0.25) is 5.60 Å². The molecule has 0 aliphatic carbocycles. The second-order valence-corrected chi connectivity index (χ2v) is 5.05. The van der Waals surface area contributed by atoms with E-state index in [1.807, 2.05) is 0 Å². The van der Waals surface area contributed by atoms with E-state index in [1.165, 1.54) is 30.3 Å². The highest BCUT2D eigenvalue weighted by Crippen LogP contribution is 2.49. The highest BCUT2D eigenvalue weighted by molar-refractivity contribution is 6.34. The number of nitrogens with zero attached hydrogens (tertiary/aromatic N) is 1. The van der Waals surface area contributed by atoms with Crippen molar-refractivity contribution in [3.63, 3.8) is 0 Å². The van der Waals surface area contributed by atoms with Gasteiger partial charge in [-0.15, -0.1) is 0 Å². The van der Waals surface area contributed by atoms with Gasteiger partial charge in [0.15, 0.2) is 0 Å². The van der Waals surface area contributed by atoms with Gasteiger partial charge in [-0.05, 0) is 23.8 Å². The van der Waals surface area contributed by atoms with Crippen molar-refractivity contribution in [2.75, 3.05) is 13.6 Å². The van der Waals surface area contributed by atoms with Gasteiger partial charge in [-0.1, -0.05) is 23.2 Å². The van der Waals surface area contributed by atoms with E-state index in [2.05, 4.69) is 0 Å². The molecular formula is C11H10Cl2F3NO. The Morgan fingerprint density at radius 2 is 1.78 bits per heavy atom. The number of rotatable bonds is 1. The van der Waals surface area contributed by atoms with Crippen LogP contribution in [0.15, 0.2) is 18.2 Å². The van der Waals surface area contributed by atoms with E-state index in [0.29, 0.717) is 0 Å². The van der Waals surface area contributed by atoms with Crippen molar-refractivity contribution >= 4 is 23.2 Å². The Morgan fingerprint density at radius 3 is 2.17 bits per heavy atom. The fraction of sp³-hybridized carbons (Fsp3) is 0.455. The Kier molecular flexibility index (Phi) is 3.53. The van der Waals surface area contributed by atoms with Crippen LogP contribution in [0, 0.1) is 0 Å². The molecule has 1 unspecified atom stereocenters. The van der Waals surface area contributed by atoms with Crippen molar-refractivity contribution in [3.8, 4) is 0 Å². The molecule has 0 N–H and O–H groups in total. The lowest BCUT2D eigenvalue weighted by atomic mass is 9.90. The molecule has 1 fully saturated rings. The molecule has 0 radical (unpaired) electrons. The molecular weight excluding hydrogens is 290 g/mol. The van der Waals surface area contributed by atoms with Gasteiger partial charge in [0.25, 0.3) is 0 Å². The van der Waals surface area contributed by atoms with Gasteiger partial charge in [0, 0.05) is 30.1 Å². The average molecular weight is 300 g/mol. The standard InChI is InChI=1S/C11H10Cl2F3NO/c1-17-3-2-10(18-17,11(14,15)16)7-4-8(12)6-9(13)5-7/h4-6H,2-3H2,1H3. The molecule has 18 heavy (non-hydrogen) atoms. The predicted octanol–water partition coefficient (Wildman–Crippen LogP) is 4.02. The summed E-state index contributed by atoms with van der Waals surface area (Å²) in [5.41, 5.74) is -2.44. The molecule has 7 heteroatoms. The minimum atomic E-state index is -4.54. The predicted molar refractivity (Wildman–Crippen MR) is 62.5 cm³/mol. The minimum absolute atomic E-state index is 0.0724. The van der Waals surface area contributed by atoms with Crippen LogP contribution in [0.2, 0.25) is 10.0 Å². The topological polar surface area (TPSA) is 12.5 Å². The molecule has 0 bridgehead atoms. The lowest BCUT2D eigenvalue weighted by molar-refractivity contribution is -0.320. The number of hydrogen-bond donors (Lipinski definition) is 0. The molecule has 2 rings (SSSR count). The fourth-order valence-corrected chi connectivity index (χ4v) is 2.54. The van der Waals surface area contributed by atoms with Crippen molar-refractivity contribution < 1.29 is 18.0 Å². The number of halogens is 5. The summed E-state index contributed by atoms with van der Waals surface area (Å²) in [7, 11) is 1.46. The van der Waals surface area contributed by atoms with E-state index < -0.39 is 11.8 Å². The van der Waals surface area contributed by atoms with Gasteiger partial charge in [0.1, 0.15) is 0 Å². The summed E-state index contributed by atoms with van der Waals surface area (Å²) in [6, 6.07) is 3.86. The zero-order valence-electron chi connectivity index (χ0n) is 9.39. The Balaban J connectivity index is 2.54. The quantitative estimate of drug-likeness (QED) is 0.776. The van der Waals surface area contributed by atoms with Crippen molar-refractivity contribution in [1.29, 1.82) is 0 Å². The monoisotopic (exact) mass is 299 g/mol. The Morgan fingerprint density at radius 1 is 1.22 bits per heavy atom. The Labute approximate surface area is 112 Å². The summed E-state index contributed by atoms with van der Waals surface area (Å²) in [6.07, 6.45) is -4.73. The smallest absolute Gasteiger partial charge is 0.278 e. The van der Waals surface area contributed by atoms with Gasteiger partial charge < -0.3 is 0 Å². The number of benzene rings is 1. The molecule has 0 spiro atoms. The molecule has 1 saturated heterocycles. The molecule has 1 heterocycles. The molecule has 1 atom stereocenters. The van der Waals surface area contributed by atoms with Crippen LogP contribution in [0.3, 0.4) is 0 Å². The molecule has 1 aromatic rings. The van der Waals surface area contributed by atoms with Gasteiger partial charge >= 0.3 is 6.18 Å². The van der Waals surface area contributed by atoms with E-state index in [0.717, 1.165) is 0 Å². The lowest BCUT2D eigenvalue weighted by Crippen LogP contribution is -2.42. The summed E-state index contributed by atoms with van der Waals surface area (Å²) < 4.78 is 39.9. The second-order valence-electron chi connectivity index (χ2n) is 4.18. The van der Waals surface area contributed by atoms with Crippen LogP contribution in [0.1, 0.15) is 12.0 Å². The minimum Gasteiger partial charge on any atom is -0.278 e. The number of alkyl halides is 3. The summed E-state index contributed by atoms with van der Waals surface area (Å²) in [5.74, 6) is 0.